The molecule has 1 N–H and O–H groups in total. The smallest absolute Gasteiger partial charge is 0.334 e. The van der Waals surface area contributed by atoms with Gasteiger partial charge >= 0.3 is 12.0 Å². The molecule has 2 aliphatic rings. The van der Waals surface area contributed by atoms with Crippen molar-refractivity contribution in [1.82, 2.24) is 9.80 Å². The van der Waals surface area contributed by atoms with E-state index in [9.17, 15) is 9.59 Å². The Hall–Kier alpha value is -0.950. The van der Waals surface area contributed by atoms with Gasteiger partial charge in [-0.3, -0.25) is 0 Å². The highest BCUT2D eigenvalue weighted by Crippen LogP contribution is 2.31. The highest BCUT2D eigenvalue weighted by molar-refractivity contribution is 8.00. The number of carbonyl (C=O) groups excluding carboxylic acids is 1. The fourth-order valence-electron chi connectivity index (χ4n) is 2.38. The number of hydrogen-bond acceptors (Lipinski definition) is 4. The molecule has 2 saturated heterocycles. The minimum Gasteiger partial charge on any atom is -0.479 e. The summed E-state index contributed by atoms with van der Waals surface area (Å²) in [5.41, 5.74) is 0. The van der Waals surface area contributed by atoms with E-state index < -0.39 is 12.1 Å². The molecule has 1 atom stereocenters. The number of carboxylic acid groups (broad SMARTS) is 1. The van der Waals surface area contributed by atoms with Crippen molar-refractivity contribution in [3.63, 3.8) is 0 Å². The summed E-state index contributed by atoms with van der Waals surface area (Å²) in [5.74, 6) is -0.0825. The molecule has 7 heteroatoms. The van der Waals surface area contributed by atoms with Crippen molar-refractivity contribution in [1.29, 1.82) is 0 Å². The highest BCUT2D eigenvalue weighted by Gasteiger charge is 2.33. The first-order valence-corrected chi connectivity index (χ1v) is 7.90. The molecular weight excluding hydrogens is 280 g/mol. The van der Waals surface area contributed by atoms with Gasteiger partial charge in [0.25, 0.3) is 0 Å². The van der Waals surface area contributed by atoms with Gasteiger partial charge < -0.3 is 19.6 Å². The Morgan fingerprint density at radius 1 is 1.25 bits per heavy atom. The van der Waals surface area contributed by atoms with E-state index in [4.69, 9.17) is 9.84 Å². The lowest BCUT2D eigenvalue weighted by Crippen LogP contribution is -2.53. The molecule has 0 radical (unpaired) electrons. The van der Waals surface area contributed by atoms with E-state index in [0.29, 0.717) is 6.54 Å². The normalized spacial score (nSPS) is 27.0. The predicted octanol–water partition coefficient (Wildman–Crippen LogP) is 1.11. The van der Waals surface area contributed by atoms with Gasteiger partial charge in [-0.25, -0.2) is 9.59 Å². The van der Waals surface area contributed by atoms with Crippen LogP contribution < -0.4 is 0 Å². The van der Waals surface area contributed by atoms with Crippen LogP contribution in [-0.2, 0) is 9.53 Å². The molecule has 0 spiro atoms. The van der Waals surface area contributed by atoms with Crippen LogP contribution in [0, 0.1) is 0 Å². The first kappa shape index (κ1) is 15.4. The van der Waals surface area contributed by atoms with Crippen LogP contribution in [0.3, 0.4) is 0 Å². The summed E-state index contributed by atoms with van der Waals surface area (Å²) in [5, 5.41) is 8.98. The third kappa shape index (κ3) is 3.79. The van der Waals surface area contributed by atoms with Crippen LogP contribution in [0.15, 0.2) is 0 Å². The predicted molar refractivity (Wildman–Crippen MR) is 77.1 cm³/mol. The highest BCUT2D eigenvalue weighted by atomic mass is 32.2. The number of morpholine rings is 1. The van der Waals surface area contributed by atoms with Crippen LogP contribution in [-0.4, -0.2) is 76.3 Å². The van der Waals surface area contributed by atoms with Crippen LogP contribution in [0.5, 0.6) is 0 Å². The Balaban J connectivity index is 1.95. The summed E-state index contributed by atoms with van der Waals surface area (Å²) in [6, 6.07) is -0.0575. The first-order valence-electron chi connectivity index (χ1n) is 6.91. The maximum Gasteiger partial charge on any atom is 0.334 e. The van der Waals surface area contributed by atoms with Crippen molar-refractivity contribution in [3.8, 4) is 0 Å². The van der Waals surface area contributed by atoms with Crippen molar-refractivity contribution >= 4 is 23.8 Å². The summed E-state index contributed by atoms with van der Waals surface area (Å²) in [4.78, 5) is 26.9. The number of nitrogens with zero attached hydrogens (tertiary/aromatic N) is 2. The maximum absolute atomic E-state index is 12.5. The lowest BCUT2D eigenvalue weighted by atomic mass is 10.1. The van der Waals surface area contributed by atoms with E-state index in [1.54, 1.807) is 4.90 Å². The molecule has 0 aliphatic carbocycles. The molecular formula is C13H22N2O4S. The third-order valence-electron chi connectivity index (χ3n) is 3.72. The molecule has 0 aromatic rings. The van der Waals surface area contributed by atoms with Gasteiger partial charge in [0.2, 0.25) is 0 Å². The molecule has 2 rings (SSSR count). The summed E-state index contributed by atoms with van der Waals surface area (Å²) >= 11 is 1.88. The zero-order chi connectivity index (χ0) is 14.8. The number of carbonyl (C=O) groups is 2. The second-order valence-electron chi connectivity index (χ2n) is 5.77. The van der Waals surface area contributed by atoms with Crippen LogP contribution >= 0.6 is 11.8 Å². The van der Waals surface area contributed by atoms with E-state index in [0.717, 1.165) is 25.3 Å². The number of aliphatic carboxylic acids is 1. The fourth-order valence-corrected chi connectivity index (χ4v) is 3.48. The summed E-state index contributed by atoms with van der Waals surface area (Å²) < 4.78 is 5.35. The summed E-state index contributed by atoms with van der Waals surface area (Å²) in [6.45, 7) is 6.74. The van der Waals surface area contributed by atoms with Gasteiger partial charge in [0.1, 0.15) is 0 Å². The number of urea groups is 1. The molecule has 0 saturated carbocycles. The molecule has 0 aromatic heterocycles. The fraction of sp³-hybridized carbons (Fsp3) is 0.846. The van der Waals surface area contributed by atoms with Crippen molar-refractivity contribution in [2.24, 2.45) is 0 Å². The van der Waals surface area contributed by atoms with E-state index in [2.05, 4.69) is 13.8 Å². The van der Waals surface area contributed by atoms with Gasteiger partial charge in [0, 0.05) is 30.1 Å². The van der Waals surface area contributed by atoms with Gasteiger partial charge in [-0.15, -0.1) is 0 Å². The molecule has 0 aromatic carbocycles. The van der Waals surface area contributed by atoms with Crippen molar-refractivity contribution < 1.29 is 19.4 Å². The van der Waals surface area contributed by atoms with E-state index in [1.807, 2.05) is 16.7 Å². The monoisotopic (exact) mass is 302 g/mol. The van der Waals surface area contributed by atoms with Gasteiger partial charge in [-0.05, 0) is 6.42 Å². The van der Waals surface area contributed by atoms with Gasteiger partial charge in [0.15, 0.2) is 6.10 Å². The second-order valence-corrected chi connectivity index (χ2v) is 7.57. The maximum atomic E-state index is 12.5. The summed E-state index contributed by atoms with van der Waals surface area (Å²) in [6.07, 6.45) is 0.0568. The van der Waals surface area contributed by atoms with E-state index in [-0.39, 0.29) is 23.9 Å². The standard InChI is InChI=1S/C13H22N2O4S/c1-13(2)3-4-14(6-8-20-13)12(18)15-5-7-19-10(9-15)11(16)17/h10H,3-9H2,1-2H3,(H,16,17). The van der Waals surface area contributed by atoms with Crippen molar-refractivity contribution in [3.05, 3.63) is 0 Å². The SMILES string of the molecule is CC1(C)CCN(C(=O)N2CCOC(C(=O)O)C2)CCS1. The van der Waals surface area contributed by atoms with Crippen LogP contribution in [0.1, 0.15) is 20.3 Å². The minimum absolute atomic E-state index is 0.0575. The topological polar surface area (TPSA) is 70.1 Å². The quantitative estimate of drug-likeness (QED) is 0.786. The van der Waals surface area contributed by atoms with E-state index >= 15 is 0 Å². The number of carboxylic acids is 1. The number of hydrogen-bond donors (Lipinski definition) is 1. The van der Waals surface area contributed by atoms with E-state index in [1.165, 1.54) is 0 Å². The molecule has 2 amide bonds. The Bertz CT molecular complexity index is 389. The molecule has 2 aliphatic heterocycles. The van der Waals surface area contributed by atoms with Gasteiger partial charge in [0.05, 0.1) is 13.2 Å². The first-order chi connectivity index (χ1) is 9.39. The Kier molecular flexibility index (Phi) is 4.80. The Morgan fingerprint density at radius 2 is 2.00 bits per heavy atom. The Morgan fingerprint density at radius 3 is 2.70 bits per heavy atom. The largest absolute Gasteiger partial charge is 0.479 e. The van der Waals surface area contributed by atoms with Crippen LogP contribution in [0.4, 0.5) is 4.79 Å². The number of amides is 2. The zero-order valence-electron chi connectivity index (χ0n) is 12.0. The molecule has 0 bridgehead atoms. The Labute approximate surface area is 123 Å². The lowest BCUT2D eigenvalue weighted by Gasteiger charge is -2.34. The molecule has 6 nitrogen and oxygen atoms in total. The summed E-state index contributed by atoms with van der Waals surface area (Å²) in [7, 11) is 0. The lowest BCUT2D eigenvalue weighted by molar-refractivity contribution is -0.154. The minimum atomic E-state index is -1.00. The number of rotatable bonds is 1. The average molecular weight is 302 g/mol. The zero-order valence-corrected chi connectivity index (χ0v) is 12.8. The van der Waals surface area contributed by atoms with Crippen molar-refractivity contribution in [2.45, 2.75) is 31.1 Å². The van der Waals surface area contributed by atoms with Gasteiger partial charge in [-0.2, -0.15) is 11.8 Å². The molecule has 2 heterocycles. The molecule has 2 fully saturated rings. The van der Waals surface area contributed by atoms with Crippen LogP contribution in [0.2, 0.25) is 0 Å². The third-order valence-corrected chi connectivity index (χ3v) is 5.09. The van der Waals surface area contributed by atoms with Gasteiger partial charge in [-0.1, -0.05) is 13.8 Å². The van der Waals surface area contributed by atoms with Crippen LogP contribution in [0.25, 0.3) is 0 Å². The number of ether oxygens (including phenoxy) is 1. The molecule has 20 heavy (non-hydrogen) atoms. The van der Waals surface area contributed by atoms with Crippen molar-refractivity contribution in [2.75, 3.05) is 38.5 Å². The molecule has 114 valence electrons. The second kappa shape index (κ2) is 6.22. The molecule has 1 unspecified atom stereocenters. The number of thioether (sulfide) groups is 1. The average Bonchev–Trinajstić information content (AvgIpc) is 2.59.